The van der Waals surface area contributed by atoms with E-state index in [9.17, 15) is 39.9 Å². The standard InChI is InChI=1S/C31H44O12/c1-15-24(35)25(36)26(37)27(41-15)43-18-4-7-29(14-32)23-20(5-8-30(29,38)11-18)31(39)9-6-19(17-10-22(34)40-13-17)28(31,3)12-21(23)42-16(2)33/h10,14-15,18-21,23-27,35-39H,4-9,11-13H2,1-3H3/t15-,18?,19+,20+,21?,23+,24+,25+,26+,27-,28+,29-,30?,31-/m0/s1. The number of ether oxygens (including phenoxy) is 4. The average Bonchev–Trinajstić information content (AvgIpc) is 3.49. The molecule has 2 heterocycles. The highest BCUT2D eigenvalue weighted by molar-refractivity contribution is 5.85. The molecule has 0 aromatic heterocycles. The van der Waals surface area contributed by atoms with Crippen LogP contribution in [0.2, 0.25) is 0 Å². The fourth-order valence-electron chi connectivity index (χ4n) is 10.1. The van der Waals surface area contributed by atoms with Gasteiger partial charge in [-0.3, -0.25) is 4.79 Å². The van der Waals surface area contributed by atoms with E-state index in [1.165, 1.54) is 13.0 Å². The fourth-order valence-corrected chi connectivity index (χ4v) is 10.1. The van der Waals surface area contributed by atoms with Crippen molar-refractivity contribution >= 4 is 18.2 Å². The largest absolute Gasteiger partial charge is 0.462 e. The third-order valence-electron chi connectivity index (χ3n) is 12.2. The molecule has 4 aliphatic carbocycles. The Balaban J connectivity index is 1.31. The number of rotatable bonds is 5. The number of hydrogen-bond acceptors (Lipinski definition) is 12. The first kappa shape index (κ1) is 31.1. The van der Waals surface area contributed by atoms with E-state index >= 15 is 0 Å². The van der Waals surface area contributed by atoms with Crippen LogP contribution in [-0.4, -0.2) is 104 Å². The molecule has 0 aromatic carbocycles. The summed E-state index contributed by atoms with van der Waals surface area (Å²) in [7, 11) is 0. The number of carbonyl (C=O) groups excluding carboxylic acids is 3. The molecule has 0 radical (unpaired) electrons. The van der Waals surface area contributed by atoms with Crippen molar-refractivity contribution in [1.82, 2.24) is 0 Å². The first-order valence-electron chi connectivity index (χ1n) is 15.5. The second-order valence-electron chi connectivity index (χ2n) is 14.2. The summed E-state index contributed by atoms with van der Waals surface area (Å²) in [6.07, 6.45) is -2.98. The van der Waals surface area contributed by atoms with Gasteiger partial charge in [0.15, 0.2) is 6.29 Å². The molecule has 240 valence electrons. The van der Waals surface area contributed by atoms with E-state index in [0.29, 0.717) is 25.7 Å². The van der Waals surface area contributed by atoms with E-state index in [4.69, 9.17) is 18.9 Å². The molecule has 12 nitrogen and oxygen atoms in total. The van der Waals surface area contributed by atoms with E-state index in [2.05, 4.69) is 0 Å². The molecule has 0 spiro atoms. The van der Waals surface area contributed by atoms with E-state index < -0.39 is 88.7 Å². The molecular weight excluding hydrogens is 564 g/mol. The molecule has 5 fully saturated rings. The summed E-state index contributed by atoms with van der Waals surface area (Å²) >= 11 is 0. The van der Waals surface area contributed by atoms with Crippen molar-refractivity contribution in [3.63, 3.8) is 0 Å². The summed E-state index contributed by atoms with van der Waals surface area (Å²) in [5, 5.41) is 55.6. The Morgan fingerprint density at radius 1 is 1.05 bits per heavy atom. The maximum atomic E-state index is 13.3. The lowest BCUT2D eigenvalue weighted by molar-refractivity contribution is -0.320. The molecule has 1 saturated heterocycles. The van der Waals surface area contributed by atoms with Gasteiger partial charge in [-0.05, 0) is 69.3 Å². The summed E-state index contributed by atoms with van der Waals surface area (Å²) < 4.78 is 22.8. The summed E-state index contributed by atoms with van der Waals surface area (Å²) in [5.74, 6) is -2.21. The summed E-state index contributed by atoms with van der Waals surface area (Å²) in [6, 6.07) is 0. The highest BCUT2D eigenvalue weighted by Crippen LogP contribution is 2.70. The van der Waals surface area contributed by atoms with Crippen LogP contribution in [0.1, 0.15) is 72.1 Å². The van der Waals surface area contributed by atoms with Gasteiger partial charge in [0.2, 0.25) is 0 Å². The van der Waals surface area contributed by atoms with Gasteiger partial charge in [-0.25, -0.2) is 4.79 Å². The topological polar surface area (TPSA) is 189 Å². The SMILES string of the molecule is CC(=O)OC1C[C@]2(C)[C@@H](C3=CC(=O)OC3)CC[C@]2(O)[C@@H]2CCC3(O)CC(O[C@@H]4O[C@@H](C)[C@@H](O)[C@@H](O)[C@H]4O)CC[C@]3(C=O)[C@@H]12. The number of cyclic esters (lactones) is 1. The van der Waals surface area contributed by atoms with Crippen molar-refractivity contribution in [2.75, 3.05) is 6.61 Å². The van der Waals surface area contributed by atoms with Gasteiger partial charge >= 0.3 is 11.9 Å². The number of esters is 2. The van der Waals surface area contributed by atoms with Crippen LogP contribution >= 0.6 is 0 Å². The average molecular weight is 609 g/mol. The second kappa shape index (κ2) is 10.6. The van der Waals surface area contributed by atoms with Gasteiger partial charge in [-0.2, -0.15) is 0 Å². The van der Waals surface area contributed by atoms with Gasteiger partial charge in [0.1, 0.15) is 37.3 Å². The highest BCUT2D eigenvalue weighted by atomic mass is 16.7. The lowest BCUT2D eigenvalue weighted by Gasteiger charge is -2.66. The molecule has 0 bridgehead atoms. The van der Waals surface area contributed by atoms with Crippen LogP contribution in [0.4, 0.5) is 0 Å². The third kappa shape index (κ3) is 4.46. The third-order valence-corrected chi connectivity index (χ3v) is 12.2. The maximum absolute atomic E-state index is 13.3. The van der Waals surface area contributed by atoms with Crippen molar-refractivity contribution in [3.8, 4) is 0 Å². The van der Waals surface area contributed by atoms with Crippen molar-refractivity contribution in [2.45, 2.75) is 126 Å². The zero-order valence-electron chi connectivity index (χ0n) is 24.9. The van der Waals surface area contributed by atoms with Crippen LogP contribution in [0.3, 0.4) is 0 Å². The Morgan fingerprint density at radius 2 is 1.79 bits per heavy atom. The lowest BCUT2D eigenvalue weighted by Crippen LogP contribution is -2.72. The molecule has 2 aliphatic heterocycles. The quantitative estimate of drug-likeness (QED) is 0.163. The highest BCUT2D eigenvalue weighted by Gasteiger charge is 2.74. The summed E-state index contributed by atoms with van der Waals surface area (Å²) in [4.78, 5) is 37.6. The first-order chi connectivity index (χ1) is 20.2. The van der Waals surface area contributed by atoms with Crippen molar-refractivity contribution in [2.24, 2.45) is 28.6 Å². The zero-order chi connectivity index (χ0) is 31.1. The van der Waals surface area contributed by atoms with Gasteiger partial charge in [0.05, 0.1) is 28.8 Å². The number of aliphatic hydroxyl groups excluding tert-OH is 3. The van der Waals surface area contributed by atoms with Crippen LogP contribution in [-0.2, 0) is 33.3 Å². The number of fused-ring (bicyclic) bond motifs is 5. The summed E-state index contributed by atoms with van der Waals surface area (Å²) in [6.45, 7) is 5.00. The van der Waals surface area contributed by atoms with Crippen LogP contribution in [0.5, 0.6) is 0 Å². The van der Waals surface area contributed by atoms with Gasteiger partial charge in [-0.1, -0.05) is 6.92 Å². The van der Waals surface area contributed by atoms with Crippen molar-refractivity contribution in [3.05, 3.63) is 11.6 Å². The van der Waals surface area contributed by atoms with Gasteiger partial charge in [0, 0.05) is 30.8 Å². The van der Waals surface area contributed by atoms with Gasteiger partial charge < -0.3 is 49.3 Å². The maximum Gasteiger partial charge on any atom is 0.331 e. The predicted octanol–water partition coefficient (Wildman–Crippen LogP) is 0.292. The minimum absolute atomic E-state index is 0.0337. The van der Waals surface area contributed by atoms with E-state index in [0.717, 1.165) is 11.9 Å². The molecule has 6 aliphatic rings. The van der Waals surface area contributed by atoms with E-state index in [1.807, 2.05) is 6.92 Å². The van der Waals surface area contributed by atoms with Crippen molar-refractivity contribution in [1.29, 1.82) is 0 Å². The number of aliphatic hydroxyl groups is 5. The summed E-state index contributed by atoms with van der Waals surface area (Å²) in [5.41, 5.74) is -4.08. The number of hydrogen-bond donors (Lipinski definition) is 5. The molecular formula is C31H44O12. The molecule has 0 aromatic rings. The number of aldehydes is 1. The normalized spacial score (nSPS) is 52.7. The van der Waals surface area contributed by atoms with Crippen molar-refractivity contribution < 1.29 is 58.9 Å². The second-order valence-corrected chi connectivity index (χ2v) is 14.2. The first-order valence-corrected chi connectivity index (χ1v) is 15.5. The Kier molecular flexibility index (Phi) is 7.64. The van der Waals surface area contributed by atoms with Crippen LogP contribution in [0.15, 0.2) is 11.6 Å². The molecule has 5 N–H and O–H groups in total. The Bertz CT molecular complexity index is 1190. The number of carbonyl (C=O) groups is 3. The van der Waals surface area contributed by atoms with E-state index in [-0.39, 0.29) is 38.2 Å². The Hall–Kier alpha value is -1.93. The predicted molar refractivity (Wildman–Crippen MR) is 146 cm³/mol. The molecule has 12 heteroatoms. The molecule has 6 rings (SSSR count). The Labute approximate surface area is 250 Å². The fraction of sp³-hybridized carbons (Fsp3) is 0.839. The molecule has 4 saturated carbocycles. The smallest absolute Gasteiger partial charge is 0.331 e. The van der Waals surface area contributed by atoms with Gasteiger partial charge in [0.25, 0.3) is 0 Å². The monoisotopic (exact) mass is 608 g/mol. The Morgan fingerprint density at radius 3 is 2.44 bits per heavy atom. The molecule has 14 atom stereocenters. The lowest BCUT2D eigenvalue weighted by atomic mass is 9.41. The van der Waals surface area contributed by atoms with E-state index in [1.54, 1.807) is 6.92 Å². The van der Waals surface area contributed by atoms with Crippen LogP contribution in [0, 0.1) is 28.6 Å². The minimum atomic E-state index is -1.56. The minimum Gasteiger partial charge on any atom is -0.462 e. The van der Waals surface area contributed by atoms with Crippen LogP contribution < -0.4 is 0 Å². The molecule has 43 heavy (non-hydrogen) atoms. The molecule has 0 amide bonds. The molecule has 3 unspecified atom stereocenters. The zero-order valence-corrected chi connectivity index (χ0v) is 24.9. The van der Waals surface area contributed by atoms with Gasteiger partial charge in [-0.15, -0.1) is 0 Å². The van der Waals surface area contributed by atoms with Crippen LogP contribution in [0.25, 0.3) is 0 Å².